The lowest BCUT2D eigenvalue weighted by Crippen LogP contribution is -1.93. The highest BCUT2D eigenvalue weighted by Gasteiger charge is 2.17. The van der Waals surface area contributed by atoms with Crippen LogP contribution in [0.4, 0.5) is 0 Å². The second-order valence-electron chi connectivity index (χ2n) is 3.78. The normalized spacial score (nSPS) is 10.7. The predicted octanol–water partition coefficient (Wildman–Crippen LogP) is 2.34. The second kappa shape index (κ2) is 5.03. The van der Waals surface area contributed by atoms with Crippen molar-refractivity contribution in [1.29, 1.82) is 0 Å². The summed E-state index contributed by atoms with van der Waals surface area (Å²) in [7, 11) is 0. The molecule has 0 amide bonds. The third-order valence-electron chi connectivity index (χ3n) is 2.57. The summed E-state index contributed by atoms with van der Waals surface area (Å²) < 4.78 is 0. The average molecular weight is 309 g/mol. The molecule has 0 unspecified atom stereocenters. The number of H-pyrrole nitrogens is 1. The smallest absolute Gasteiger partial charge is 0.226 e. The third-order valence-corrected chi connectivity index (χ3v) is 3.31. The van der Waals surface area contributed by atoms with E-state index in [-0.39, 0.29) is 17.3 Å². The maximum absolute atomic E-state index is 10.3. The van der Waals surface area contributed by atoms with Gasteiger partial charge in [-0.15, -0.1) is 10.2 Å². The number of hydrogen-bond acceptors (Lipinski definition) is 6. The summed E-state index contributed by atoms with van der Waals surface area (Å²) >= 11 is 11.8. The zero-order valence-electron chi connectivity index (χ0n) is 9.75. The monoisotopic (exact) mass is 308 g/mol. The fourth-order valence-corrected chi connectivity index (χ4v) is 1.96. The van der Waals surface area contributed by atoms with E-state index in [0.29, 0.717) is 21.3 Å². The summed E-state index contributed by atoms with van der Waals surface area (Å²) in [5, 5.41) is 24.3. The van der Waals surface area contributed by atoms with Crippen LogP contribution in [0, 0.1) is 0 Å². The number of benzene rings is 1. The Kier molecular flexibility index (Phi) is 3.21. The number of aromatic amines is 1. The number of aromatic nitrogens is 6. The van der Waals surface area contributed by atoms with E-state index in [4.69, 9.17) is 23.2 Å². The van der Waals surface area contributed by atoms with Crippen LogP contribution in [0.5, 0.6) is 5.75 Å². The summed E-state index contributed by atoms with van der Waals surface area (Å²) in [6.45, 7) is 0. The van der Waals surface area contributed by atoms with Gasteiger partial charge in [0.2, 0.25) is 5.82 Å². The van der Waals surface area contributed by atoms with Crippen molar-refractivity contribution in [2.24, 2.45) is 0 Å². The lowest BCUT2D eigenvalue weighted by atomic mass is 10.1. The molecule has 2 N–H and O–H groups in total. The van der Waals surface area contributed by atoms with Crippen molar-refractivity contribution in [3.05, 3.63) is 34.6 Å². The van der Waals surface area contributed by atoms with Crippen LogP contribution in [0.2, 0.25) is 10.0 Å². The van der Waals surface area contributed by atoms with E-state index < -0.39 is 0 Å². The van der Waals surface area contributed by atoms with Gasteiger partial charge in [0, 0.05) is 5.56 Å². The third kappa shape index (κ3) is 2.17. The molecule has 0 bridgehead atoms. The van der Waals surface area contributed by atoms with Crippen molar-refractivity contribution >= 4 is 23.2 Å². The molecule has 0 atom stereocenters. The highest BCUT2D eigenvalue weighted by molar-refractivity contribution is 6.42. The van der Waals surface area contributed by atoms with Crippen molar-refractivity contribution < 1.29 is 5.11 Å². The molecule has 1 aromatic carbocycles. The van der Waals surface area contributed by atoms with Gasteiger partial charge in [-0.25, -0.2) is 9.97 Å². The van der Waals surface area contributed by atoms with E-state index in [1.54, 1.807) is 18.2 Å². The Morgan fingerprint density at radius 1 is 1.05 bits per heavy atom. The number of hydrogen-bond donors (Lipinski definition) is 2. The molecule has 0 aliphatic carbocycles. The zero-order valence-corrected chi connectivity index (χ0v) is 11.3. The summed E-state index contributed by atoms with van der Waals surface area (Å²) in [6, 6.07) is 4.91. The van der Waals surface area contributed by atoms with Crippen LogP contribution in [0.1, 0.15) is 0 Å². The van der Waals surface area contributed by atoms with Gasteiger partial charge in [0.05, 0.1) is 10.0 Å². The quantitative estimate of drug-likeness (QED) is 0.753. The molecular formula is C11H6Cl2N6O. The summed E-state index contributed by atoms with van der Waals surface area (Å²) in [5.74, 6) is 0.0125. The number of halogens is 2. The molecule has 0 aliphatic rings. The second-order valence-corrected chi connectivity index (χ2v) is 4.60. The summed E-state index contributed by atoms with van der Waals surface area (Å²) in [6.07, 6.45) is 1.29. The van der Waals surface area contributed by atoms with E-state index in [2.05, 4.69) is 30.6 Å². The molecule has 9 heteroatoms. The largest absolute Gasteiger partial charge is 0.504 e. The fourth-order valence-electron chi connectivity index (χ4n) is 1.66. The van der Waals surface area contributed by atoms with Gasteiger partial charge in [0.15, 0.2) is 11.4 Å². The first kappa shape index (κ1) is 12.8. The van der Waals surface area contributed by atoms with E-state index in [1.807, 2.05) is 0 Å². The zero-order chi connectivity index (χ0) is 14.1. The van der Waals surface area contributed by atoms with Crippen LogP contribution in [0.15, 0.2) is 24.5 Å². The molecule has 0 aliphatic heterocycles. The van der Waals surface area contributed by atoms with Gasteiger partial charge >= 0.3 is 0 Å². The van der Waals surface area contributed by atoms with Crippen LogP contribution in [-0.4, -0.2) is 35.7 Å². The molecule has 0 spiro atoms. The molecule has 7 nitrogen and oxygen atoms in total. The molecular weight excluding hydrogens is 303 g/mol. The SMILES string of the molecule is Oc1c(-c2ccc(Cl)c(Cl)c2)ncnc1-c1nn[nH]n1. The van der Waals surface area contributed by atoms with Gasteiger partial charge in [0.1, 0.15) is 12.0 Å². The van der Waals surface area contributed by atoms with Crippen molar-refractivity contribution in [3.63, 3.8) is 0 Å². The molecule has 2 heterocycles. The molecule has 0 saturated carbocycles. The Labute approximate surface area is 122 Å². The van der Waals surface area contributed by atoms with Crippen LogP contribution in [0.3, 0.4) is 0 Å². The number of rotatable bonds is 2. The topological polar surface area (TPSA) is 100 Å². The fraction of sp³-hybridized carbons (Fsp3) is 0. The van der Waals surface area contributed by atoms with Gasteiger partial charge in [0.25, 0.3) is 0 Å². The first-order chi connectivity index (χ1) is 9.66. The minimum atomic E-state index is -0.160. The number of nitrogens with one attached hydrogen (secondary N) is 1. The lowest BCUT2D eigenvalue weighted by molar-refractivity contribution is 0.474. The lowest BCUT2D eigenvalue weighted by Gasteiger charge is -2.06. The minimum absolute atomic E-state index is 0.160. The Morgan fingerprint density at radius 2 is 1.85 bits per heavy atom. The van der Waals surface area contributed by atoms with Crippen molar-refractivity contribution in [2.45, 2.75) is 0 Å². The van der Waals surface area contributed by atoms with Gasteiger partial charge in [-0.2, -0.15) is 5.21 Å². The maximum atomic E-state index is 10.3. The van der Waals surface area contributed by atoms with Crippen LogP contribution >= 0.6 is 23.2 Å². The molecule has 0 radical (unpaired) electrons. The number of aromatic hydroxyl groups is 1. The molecule has 0 saturated heterocycles. The average Bonchev–Trinajstić information content (AvgIpc) is 2.96. The van der Waals surface area contributed by atoms with Crippen molar-refractivity contribution in [1.82, 2.24) is 30.6 Å². The number of nitrogens with zero attached hydrogens (tertiary/aromatic N) is 5. The number of tetrazole rings is 1. The van der Waals surface area contributed by atoms with E-state index in [9.17, 15) is 5.11 Å². The summed E-state index contributed by atoms with van der Waals surface area (Å²) in [5.41, 5.74) is 1.08. The Balaban J connectivity index is 2.15. The van der Waals surface area contributed by atoms with Gasteiger partial charge in [-0.3, -0.25) is 0 Å². The van der Waals surface area contributed by atoms with Gasteiger partial charge in [-0.1, -0.05) is 29.3 Å². The van der Waals surface area contributed by atoms with Crippen LogP contribution in [-0.2, 0) is 0 Å². The first-order valence-electron chi connectivity index (χ1n) is 5.40. The molecule has 2 aromatic heterocycles. The van der Waals surface area contributed by atoms with Crippen molar-refractivity contribution in [2.75, 3.05) is 0 Å². The first-order valence-corrected chi connectivity index (χ1v) is 6.15. The maximum Gasteiger partial charge on any atom is 0.226 e. The Morgan fingerprint density at radius 3 is 2.55 bits per heavy atom. The van der Waals surface area contributed by atoms with E-state index >= 15 is 0 Å². The molecule has 100 valence electrons. The molecule has 20 heavy (non-hydrogen) atoms. The van der Waals surface area contributed by atoms with Crippen molar-refractivity contribution in [3.8, 4) is 28.5 Å². The molecule has 0 fully saturated rings. The Bertz CT molecular complexity index is 762. The highest BCUT2D eigenvalue weighted by Crippen LogP contribution is 2.35. The van der Waals surface area contributed by atoms with Gasteiger partial charge < -0.3 is 5.11 Å². The predicted molar refractivity (Wildman–Crippen MR) is 72.3 cm³/mol. The van der Waals surface area contributed by atoms with E-state index in [1.165, 1.54) is 6.33 Å². The van der Waals surface area contributed by atoms with Crippen LogP contribution in [0.25, 0.3) is 22.8 Å². The summed E-state index contributed by atoms with van der Waals surface area (Å²) in [4.78, 5) is 7.98. The Hall–Kier alpha value is -2.25. The van der Waals surface area contributed by atoms with Crippen LogP contribution < -0.4 is 0 Å². The molecule has 3 rings (SSSR count). The molecule has 3 aromatic rings. The minimum Gasteiger partial charge on any atom is -0.504 e. The van der Waals surface area contributed by atoms with E-state index in [0.717, 1.165) is 0 Å². The standard InChI is InChI=1S/C11H6Cl2N6O/c12-6-2-1-5(3-7(6)13)8-10(20)9(15-4-14-8)11-16-18-19-17-11/h1-4,20H,(H,16,17,18,19). The van der Waals surface area contributed by atoms with Gasteiger partial charge in [-0.05, 0) is 17.3 Å². The highest BCUT2D eigenvalue weighted by atomic mass is 35.5.